The lowest BCUT2D eigenvalue weighted by atomic mass is 9.95. The number of hydrogen-bond acceptors (Lipinski definition) is 5. The standard InChI is InChI=1S/C33H29NO5/c1-2-19-38-27-17-10-14-25(21-27)31(35)29-30(34(33(37)32(29)36)22-23-11-5-3-6-12-23)24-13-9-18-28(20-24)39-26-15-7-4-8-16-26/h3-18,20-21,30,35H,2,19,22H2,1H3/b31-29+. The van der Waals surface area contributed by atoms with Gasteiger partial charge in [0, 0.05) is 12.1 Å². The minimum Gasteiger partial charge on any atom is -0.507 e. The number of ketones is 1. The van der Waals surface area contributed by atoms with Gasteiger partial charge in [-0.05, 0) is 53.9 Å². The Morgan fingerprint density at radius 1 is 0.795 bits per heavy atom. The lowest BCUT2D eigenvalue weighted by molar-refractivity contribution is -0.140. The number of benzene rings is 4. The second-order valence-corrected chi connectivity index (χ2v) is 9.28. The predicted octanol–water partition coefficient (Wildman–Crippen LogP) is 6.89. The Bertz CT molecular complexity index is 1500. The van der Waals surface area contributed by atoms with Gasteiger partial charge in [0.25, 0.3) is 11.7 Å². The highest BCUT2D eigenvalue weighted by Gasteiger charge is 2.46. The molecule has 1 amide bonds. The molecule has 1 N–H and O–H groups in total. The number of ether oxygens (including phenoxy) is 2. The molecule has 0 saturated carbocycles. The predicted molar refractivity (Wildman–Crippen MR) is 149 cm³/mol. The Hall–Kier alpha value is -4.84. The molecule has 6 heteroatoms. The Morgan fingerprint density at radius 2 is 1.46 bits per heavy atom. The van der Waals surface area contributed by atoms with Crippen molar-refractivity contribution in [2.75, 3.05) is 6.61 Å². The number of para-hydroxylation sites is 1. The number of carbonyl (C=O) groups excluding carboxylic acids is 2. The highest BCUT2D eigenvalue weighted by Crippen LogP contribution is 2.41. The van der Waals surface area contributed by atoms with Crippen molar-refractivity contribution in [3.63, 3.8) is 0 Å². The van der Waals surface area contributed by atoms with Crippen molar-refractivity contribution in [2.45, 2.75) is 25.9 Å². The van der Waals surface area contributed by atoms with E-state index < -0.39 is 17.7 Å². The fourth-order valence-electron chi connectivity index (χ4n) is 4.65. The average Bonchev–Trinajstić information content (AvgIpc) is 3.22. The largest absolute Gasteiger partial charge is 0.507 e. The van der Waals surface area contributed by atoms with Gasteiger partial charge in [0.2, 0.25) is 0 Å². The first-order chi connectivity index (χ1) is 19.0. The molecule has 4 aromatic rings. The van der Waals surface area contributed by atoms with Gasteiger partial charge in [-0.25, -0.2) is 0 Å². The summed E-state index contributed by atoms with van der Waals surface area (Å²) < 4.78 is 11.8. The lowest BCUT2D eigenvalue weighted by Crippen LogP contribution is -2.29. The molecule has 1 saturated heterocycles. The smallest absolute Gasteiger partial charge is 0.295 e. The number of hydrogen-bond donors (Lipinski definition) is 1. The van der Waals surface area contributed by atoms with Crippen molar-refractivity contribution in [2.24, 2.45) is 0 Å². The van der Waals surface area contributed by atoms with Crippen molar-refractivity contribution < 1.29 is 24.2 Å². The average molecular weight is 520 g/mol. The van der Waals surface area contributed by atoms with Crippen LogP contribution in [0.5, 0.6) is 17.2 Å². The van der Waals surface area contributed by atoms with E-state index in [9.17, 15) is 14.7 Å². The monoisotopic (exact) mass is 519 g/mol. The van der Waals surface area contributed by atoms with Gasteiger partial charge in [-0.15, -0.1) is 0 Å². The summed E-state index contributed by atoms with van der Waals surface area (Å²) in [6.07, 6.45) is 0.836. The second kappa shape index (κ2) is 11.7. The van der Waals surface area contributed by atoms with E-state index in [1.54, 1.807) is 30.3 Å². The number of aliphatic hydroxyl groups excluding tert-OH is 1. The van der Waals surface area contributed by atoms with E-state index in [1.807, 2.05) is 85.8 Å². The molecule has 0 aliphatic carbocycles. The van der Waals surface area contributed by atoms with E-state index in [4.69, 9.17) is 9.47 Å². The SMILES string of the molecule is CCCOc1cccc(/C(O)=C2\C(=O)C(=O)N(Cc3ccccc3)C2c2cccc(Oc3ccccc3)c2)c1. The van der Waals surface area contributed by atoms with Gasteiger partial charge in [-0.1, -0.05) is 79.7 Å². The van der Waals surface area contributed by atoms with Crippen molar-refractivity contribution >= 4 is 17.4 Å². The van der Waals surface area contributed by atoms with Crippen LogP contribution < -0.4 is 9.47 Å². The first-order valence-electron chi connectivity index (χ1n) is 12.9. The topological polar surface area (TPSA) is 76.1 Å². The number of aliphatic hydroxyl groups is 1. The van der Waals surface area contributed by atoms with Gasteiger partial charge in [0.1, 0.15) is 23.0 Å². The molecule has 1 aliphatic heterocycles. The third kappa shape index (κ3) is 5.70. The highest BCUT2D eigenvalue weighted by atomic mass is 16.5. The van der Waals surface area contributed by atoms with Gasteiger partial charge >= 0.3 is 0 Å². The van der Waals surface area contributed by atoms with Crippen molar-refractivity contribution in [1.82, 2.24) is 4.90 Å². The molecule has 1 aliphatic rings. The number of Topliss-reactive ketones (excluding diaryl/α,β-unsaturated/α-hetero) is 1. The number of rotatable bonds is 9. The van der Waals surface area contributed by atoms with E-state index in [2.05, 4.69) is 0 Å². The molecule has 1 fully saturated rings. The molecule has 0 spiro atoms. The molecule has 1 unspecified atom stereocenters. The van der Waals surface area contributed by atoms with Gasteiger partial charge in [0.15, 0.2) is 0 Å². The van der Waals surface area contributed by atoms with Gasteiger partial charge in [0.05, 0.1) is 18.2 Å². The molecule has 39 heavy (non-hydrogen) atoms. The third-order valence-corrected chi connectivity index (χ3v) is 6.47. The Balaban J connectivity index is 1.59. The fraction of sp³-hybridized carbons (Fsp3) is 0.152. The lowest BCUT2D eigenvalue weighted by Gasteiger charge is -2.26. The normalized spacial score (nSPS) is 16.3. The van der Waals surface area contributed by atoms with Crippen molar-refractivity contribution in [1.29, 1.82) is 0 Å². The molecule has 0 aromatic heterocycles. The van der Waals surface area contributed by atoms with Crippen LogP contribution in [0.15, 0.2) is 115 Å². The fourth-order valence-corrected chi connectivity index (χ4v) is 4.65. The molecule has 6 nitrogen and oxygen atoms in total. The van der Waals surface area contributed by atoms with Crippen LogP contribution in [-0.2, 0) is 16.1 Å². The summed E-state index contributed by atoms with van der Waals surface area (Å²) in [6.45, 7) is 2.74. The second-order valence-electron chi connectivity index (χ2n) is 9.28. The molecule has 196 valence electrons. The van der Waals surface area contributed by atoms with Crippen LogP contribution in [0.4, 0.5) is 0 Å². The maximum Gasteiger partial charge on any atom is 0.295 e. The molecular formula is C33H29NO5. The summed E-state index contributed by atoms with van der Waals surface area (Å²) in [7, 11) is 0. The molecule has 4 aromatic carbocycles. The summed E-state index contributed by atoms with van der Waals surface area (Å²) in [5, 5.41) is 11.5. The molecule has 1 atom stereocenters. The number of amides is 1. The summed E-state index contributed by atoms with van der Waals surface area (Å²) in [4.78, 5) is 28.4. The maximum absolute atomic E-state index is 13.5. The Kier molecular flexibility index (Phi) is 7.73. The zero-order chi connectivity index (χ0) is 27.2. The minimum absolute atomic E-state index is 0.0282. The molecular weight excluding hydrogens is 490 g/mol. The third-order valence-electron chi connectivity index (χ3n) is 6.47. The first-order valence-corrected chi connectivity index (χ1v) is 12.9. The maximum atomic E-state index is 13.5. The highest BCUT2D eigenvalue weighted by molar-refractivity contribution is 6.46. The van der Waals surface area contributed by atoms with E-state index in [0.717, 1.165) is 12.0 Å². The van der Waals surface area contributed by atoms with Crippen molar-refractivity contribution in [3.8, 4) is 17.2 Å². The summed E-state index contributed by atoms with van der Waals surface area (Å²) in [6, 6.07) is 32.2. The van der Waals surface area contributed by atoms with Gasteiger partial charge in [-0.3, -0.25) is 9.59 Å². The minimum atomic E-state index is -0.815. The van der Waals surface area contributed by atoms with Gasteiger partial charge < -0.3 is 19.5 Å². The molecule has 5 rings (SSSR count). The number of likely N-dealkylation sites (tertiary alicyclic amines) is 1. The Labute approximate surface area is 227 Å². The van der Waals surface area contributed by atoms with Crippen LogP contribution in [0.1, 0.15) is 36.1 Å². The van der Waals surface area contributed by atoms with Crippen LogP contribution in [0, 0.1) is 0 Å². The molecule has 0 bridgehead atoms. The van der Waals surface area contributed by atoms with E-state index in [-0.39, 0.29) is 17.9 Å². The van der Waals surface area contributed by atoms with Crippen LogP contribution in [0.25, 0.3) is 5.76 Å². The Morgan fingerprint density at radius 3 is 2.21 bits per heavy atom. The first kappa shape index (κ1) is 25.8. The summed E-state index contributed by atoms with van der Waals surface area (Å²) in [5.74, 6) is 0.149. The number of nitrogens with zero attached hydrogens (tertiary/aromatic N) is 1. The van der Waals surface area contributed by atoms with E-state index in [0.29, 0.717) is 35.0 Å². The quantitative estimate of drug-likeness (QED) is 0.148. The van der Waals surface area contributed by atoms with Crippen molar-refractivity contribution in [3.05, 3.63) is 131 Å². The van der Waals surface area contributed by atoms with Gasteiger partial charge in [-0.2, -0.15) is 0 Å². The van der Waals surface area contributed by atoms with Crippen LogP contribution in [0.2, 0.25) is 0 Å². The van der Waals surface area contributed by atoms with Crippen LogP contribution in [-0.4, -0.2) is 28.3 Å². The summed E-state index contributed by atoms with van der Waals surface area (Å²) >= 11 is 0. The zero-order valence-electron chi connectivity index (χ0n) is 21.6. The van der Waals surface area contributed by atoms with Crippen LogP contribution in [0.3, 0.4) is 0 Å². The van der Waals surface area contributed by atoms with E-state index >= 15 is 0 Å². The zero-order valence-corrected chi connectivity index (χ0v) is 21.6. The number of carbonyl (C=O) groups is 2. The summed E-state index contributed by atoms with van der Waals surface area (Å²) in [5.41, 5.74) is 1.96. The molecule has 0 radical (unpaired) electrons. The van der Waals surface area contributed by atoms with Crippen LogP contribution >= 0.6 is 0 Å². The molecule has 1 heterocycles. The van der Waals surface area contributed by atoms with E-state index in [1.165, 1.54) is 4.90 Å².